The lowest BCUT2D eigenvalue weighted by Crippen LogP contribution is -2.16. The average molecular weight is 255 g/mol. The van der Waals surface area contributed by atoms with E-state index in [1.807, 2.05) is 39.2 Å². The van der Waals surface area contributed by atoms with Gasteiger partial charge in [0.05, 0.1) is 17.1 Å². The van der Waals surface area contributed by atoms with Crippen LogP contribution in [0.25, 0.3) is 11.0 Å². The summed E-state index contributed by atoms with van der Waals surface area (Å²) in [6, 6.07) is 8.53. The molecule has 1 aromatic carbocycles. The standard InChI is InChI=1S/C16H21N3/c1-5-6-7-10-13(2)19-15-12-9-8-11-14(15)17-16(19)18(3)4/h5-13H,1-4H3/b6-5-,10-7-. The van der Waals surface area contributed by atoms with Crippen molar-refractivity contribution < 1.29 is 0 Å². The summed E-state index contributed by atoms with van der Waals surface area (Å²) in [6.07, 6.45) is 8.34. The van der Waals surface area contributed by atoms with Crippen LogP contribution in [0.15, 0.2) is 48.6 Å². The second-order valence-electron chi connectivity index (χ2n) is 4.82. The number of benzene rings is 1. The van der Waals surface area contributed by atoms with Gasteiger partial charge in [-0.2, -0.15) is 0 Å². The van der Waals surface area contributed by atoms with E-state index in [-0.39, 0.29) is 6.04 Å². The highest BCUT2D eigenvalue weighted by Gasteiger charge is 2.14. The molecule has 0 amide bonds. The molecule has 1 unspecified atom stereocenters. The van der Waals surface area contributed by atoms with E-state index in [1.165, 1.54) is 5.52 Å². The Kier molecular flexibility index (Phi) is 4.05. The van der Waals surface area contributed by atoms with Crippen molar-refractivity contribution >= 4 is 17.0 Å². The van der Waals surface area contributed by atoms with Gasteiger partial charge in [-0.25, -0.2) is 4.98 Å². The van der Waals surface area contributed by atoms with E-state index in [0.29, 0.717) is 0 Å². The second-order valence-corrected chi connectivity index (χ2v) is 4.82. The van der Waals surface area contributed by atoms with Gasteiger partial charge in [0.15, 0.2) is 0 Å². The van der Waals surface area contributed by atoms with Crippen molar-refractivity contribution in [3.8, 4) is 0 Å². The molecule has 3 heteroatoms. The summed E-state index contributed by atoms with van der Waals surface area (Å²) in [5.74, 6) is 0.985. The molecule has 19 heavy (non-hydrogen) atoms. The minimum atomic E-state index is 0.265. The molecule has 0 bridgehead atoms. The van der Waals surface area contributed by atoms with E-state index in [0.717, 1.165) is 11.5 Å². The summed E-state index contributed by atoms with van der Waals surface area (Å²) in [6.45, 7) is 4.20. The Morgan fingerprint density at radius 3 is 2.63 bits per heavy atom. The molecule has 2 rings (SSSR count). The summed E-state index contributed by atoms with van der Waals surface area (Å²) in [5.41, 5.74) is 2.21. The molecule has 0 spiro atoms. The number of nitrogens with zero attached hydrogens (tertiary/aromatic N) is 3. The van der Waals surface area contributed by atoms with E-state index in [2.05, 4.69) is 46.7 Å². The van der Waals surface area contributed by atoms with Crippen LogP contribution in [0.4, 0.5) is 5.95 Å². The first kappa shape index (κ1) is 13.4. The number of hydrogen-bond donors (Lipinski definition) is 0. The highest BCUT2D eigenvalue weighted by molar-refractivity contribution is 5.79. The van der Waals surface area contributed by atoms with Crippen LogP contribution in [0, 0.1) is 0 Å². The number of allylic oxidation sites excluding steroid dienone is 4. The monoisotopic (exact) mass is 255 g/mol. The Hall–Kier alpha value is -2.03. The molecule has 3 nitrogen and oxygen atoms in total. The summed E-state index contributed by atoms with van der Waals surface area (Å²) >= 11 is 0. The third-order valence-electron chi connectivity index (χ3n) is 3.08. The Morgan fingerprint density at radius 1 is 1.21 bits per heavy atom. The van der Waals surface area contributed by atoms with E-state index in [4.69, 9.17) is 4.98 Å². The van der Waals surface area contributed by atoms with Crippen LogP contribution in [-0.4, -0.2) is 23.6 Å². The molecule has 0 radical (unpaired) electrons. The van der Waals surface area contributed by atoms with Gasteiger partial charge in [-0.15, -0.1) is 0 Å². The minimum Gasteiger partial charge on any atom is -0.348 e. The van der Waals surface area contributed by atoms with Gasteiger partial charge >= 0.3 is 0 Å². The molecule has 2 aromatic rings. The fraction of sp³-hybridized carbons (Fsp3) is 0.312. The third-order valence-corrected chi connectivity index (χ3v) is 3.08. The van der Waals surface area contributed by atoms with E-state index >= 15 is 0 Å². The molecule has 0 saturated heterocycles. The Balaban J connectivity index is 2.52. The van der Waals surface area contributed by atoms with Crippen molar-refractivity contribution in [3.63, 3.8) is 0 Å². The highest BCUT2D eigenvalue weighted by Crippen LogP contribution is 2.26. The van der Waals surface area contributed by atoms with E-state index < -0.39 is 0 Å². The minimum absolute atomic E-state index is 0.265. The Bertz CT molecular complexity index is 605. The zero-order valence-corrected chi connectivity index (χ0v) is 12.0. The highest BCUT2D eigenvalue weighted by atomic mass is 15.3. The SMILES string of the molecule is C/C=C\C=C/C(C)n1c(N(C)C)nc2ccccc21. The molecule has 0 aliphatic carbocycles. The third kappa shape index (κ3) is 2.70. The van der Waals surface area contributed by atoms with E-state index in [1.54, 1.807) is 0 Å². The van der Waals surface area contributed by atoms with Crippen LogP contribution in [0.2, 0.25) is 0 Å². The van der Waals surface area contributed by atoms with Crippen molar-refractivity contribution in [2.75, 3.05) is 19.0 Å². The molecular weight excluding hydrogens is 234 g/mol. The predicted octanol–water partition coefficient (Wildman–Crippen LogP) is 3.80. The van der Waals surface area contributed by atoms with Crippen molar-refractivity contribution in [1.82, 2.24) is 9.55 Å². The lowest BCUT2D eigenvalue weighted by molar-refractivity contribution is 0.674. The number of hydrogen-bond acceptors (Lipinski definition) is 2. The lowest BCUT2D eigenvalue weighted by Gasteiger charge is -2.18. The summed E-state index contributed by atoms with van der Waals surface area (Å²) < 4.78 is 2.26. The van der Waals surface area contributed by atoms with Gasteiger partial charge in [0.1, 0.15) is 0 Å². The number of aromatic nitrogens is 2. The Labute approximate surface area is 114 Å². The van der Waals surface area contributed by atoms with Crippen molar-refractivity contribution in [1.29, 1.82) is 0 Å². The molecule has 0 N–H and O–H groups in total. The molecular formula is C16H21N3. The molecule has 0 aliphatic heterocycles. The Morgan fingerprint density at radius 2 is 1.95 bits per heavy atom. The topological polar surface area (TPSA) is 21.1 Å². The maximum atomic E-state index is 4.70. The number of anilines is 1. The number of imidazole rings is 1. The average Bonchev–Trinajstić information content (AvgIpc) is 2.78. The lowest BCUT2D eigenvalue weighted by atomic mass is 10.2. The van der Waals surface area contributed by atoms with Crippen LogP contribution < -0.4 is 4.90 Å². The first-order valence-electron chi connectivity index (χ1n) is 6.59. The molecule has 0 saturated carbocycles. The number of rotatable bonds is 4. The van der Waals surface area contributed by atoms with Gasteiger partial charge in [-0.05, 0) is 26.0 Å². The van der Waals surface area contributed by atoms with Crippen LogP contribution in [0.1, 0.15) is 19.9 Å². The van der Waals surface area contributed by atoms with Gasteiger partial charge in [0.25, 0.3) is 0 Å². The van der Waals surface area contributed by atoms with Crippen molar-refractivity contribution in [2.45, 2.75) is 19.9 Å². The predicted molar refractivity (Wildman–Crippen MR) is 82.7 cm³/mol. The first-order valence-corrected chi connectivity index (χ1v) is 6.59. The molecule has 1 heterocycles. The smallest absolute Gasteiger partial charge is 0.206 e. The number of fused-ring (bicyclic) bond motifs is 1. The van der Waals surface area contributed by atoms with E-state index in [9.17, 15) is 0 Å². The van der Waals surface area contributed by atoms with Gasteiger partial charge in [-0.1, -0.05) is 36.4 Å². The van der Waals surface area contributed by atoms with Gasteiger partial charge in [0, 0.05) is 14.1 Å². The first-order chi connectivity index (χ1) is 9.15. The zero-order chi connectivity index (χ0) is 13.8. The van der Waals surface area contributed by atoms with Crippen LogP contribution >= 0.6 is 0 Å². The maximum Gasteiger partial charge on any atom is 0.206 e. The zero-order valence-electron chi connectivity index (χ0n) is 12.0. The largest absolute Gasteiger partial charge is 0.348 e. The number of para-hydroxylation sites is 2. The molecule has 0 fully saturated rings. The van der Waals surface area contributed by atoms with Gasteiger partial charge < -0.3 is 9.47 Å². The second kappa shape index (κ2) is 5.74. The normalized spacial score (nSPS) is 13.7. The van der Waals surface area contributed by atoms with Crippen LogP contribution in [0.5, 0.6) is 0 Å². The fourth-order valence-corrected chi connectivity index (χ4v) is 2.17. The van der Waals surface area contributed by atoms with Crippen LogP contribution in [-0.2, 0) is 0 Å². The molecule has 0 aliphatic rings. The van der Waals surface area contributed by atoms with Crippen molar-refractivity contribution in [2.24, 2.45) is 0 Å². The summed E-state index contributed by atoms with van der Waals surface area (Å²) in [5, 5.41) is 0. The van der Waals surface area contributed by atoms with Crippen LogP contribution in [0.3, 0.4) is 0 Å². The fourth-order valence-electron chi connectivity index (χ4n) is 2.17. The van der Waals surface area contributed by atoms with Crippen molar-refractivity contribution in [3.05, 3.63) is 48.6 Å². The van der Waals surface area contributed by atoms with Gasteiger partial charge in [0.2, 0.25) is 5.95 Å². The molecule has 1 atom stereocenters. The summed E-state index contributed by atoms with van der Waals surface area (Å²) in [4.78, 5) is 6.75. The van der Waals surface area contributed by atoms with Gasteiger partial charge in [-0.3, -0.25) is 0 Å². The molecule has 100 valence electrons. The molecule has 1 aromatic heterocycles. The maximum absolute atomic E-state index is 4.70. The quantitative estimate of drug-likeness (QED) is 0.775. The summed E-state index contributed by atoms with van der Waals surface area (Å²) in [7, 11) is 4.06.